The molecule has 0 heterocycles. The number of carbonyl (C=O) groups is 1. The van der Waals surface area contributed by atoms with Gasteiger partial charge in [-0.15, -0.1) is 0 Å². The van der Waals surface area contributed by atoms with E-state index >= 15 is 0 Å². The van der Waals surface area contributed by atoms with Crippen LogP contribution in [0.15, 0.2) is 41.3 Å². The lowest BCUT2D eigenvalue weighted by molar-refractivity contribution is 0.0691. The quantitative estimate of drug-likeness (QED) is 0.943. The van der Waals surface area contributed by atoms with Crippen molar-refractivity contribution in [2.75, 3.05) is 0 Å². The molecule has 1 unspecified atom stereocenters. The molecule has 1 atom stereocenters. The Labute approximate surface area is 120 Å². The van der Waals surface area contributed by atoms with E-state index in [4.69, 9.17) is 5.11 Å². The number of hydrogen-bond acceptors (Lipinski definition) is 2. The van der Waals surface area contributed by atoms with E-state index in [1.165, 1.54) is 6.07 Å². The lowest BCUT2D eigenvalue weighted by atomic mass is 10.2. The van der Waals surface area contributed by atoms with Crippen LogP contribution >= 0.6 is 0 Å². The van der Waals surface area contributed by atoms with Gasteiger partial charge in [-0.1, -0.05) is 6.07 Å². The van der Waals surface area contributed by atoms with E-state index in [0.717, 1.165) is 24.3 Å². The summed E-state index contributed by atoms with van der Waals surface area (Å²) in [6.07, 6.45) is 0. The predicted octanol–water partition coefficient (Wildman–Crippen LogP) is 3.11. The van der Waals surface area contributed by atoms with Crippen LogP contribution in [0.25, 0.3) is 0 Å². The van der Waals surface area contributed by atoms with Crippen molar-refractivity contribution in [1.29, 1.82) is 0 Å². The zero-order valence-electron chi connectivity index (χ0n) is 10.5. The molecule has 0 radical (unpaired) electrons. The fourth-order valence-corrected chi connectivity index (χ4v) is 2.83. The molecule has 0 aliphatic heterocycles. The van der Waals surface area contributed by atoms with Crippen molar-refractivity contribution in [3.05, 3.63) is 65.0 Å². The van der Waals surface area contributed by atoms with Crippen molar-refractivity contribution in [2.45, 2.75) is 10.6 Å². The maximum Gasteiger partial charge on any atom is 0.338 e. The minimum Gasteiger partial charge on any atom is -0.478 e. The summed E-state index contributed by atoms with van der Waals surface area (Å²) in [4.78, 5) is 10.9. The highest BCUT2D eigenvalue weighted by molar-refractivity contribution is 7.84. The highest BCUT2D eigenvalue weighted by Crippen LogP contribution is 2.18. The molecule has 0 aliphatic carbocycles. The smallest absolute Gasteiger partial charge is 0.338 e. The van der Waals surface area contributed by atoms with E-state index in [-0.39, 0.29) is 16.2 Å². The zero-order valence-corrected chi connectivity index (χ0v) is 11.3. The van der Waals surface area contributed by atoms with Crippen LogP contribution in [0.1, 0.15) is 15.9 Å². The Morgan fingerprint density at radius 2 is 1.76 bits per heavy atom. The van der Waals surface area contributed by atoms with E-state index < -0.39 is 39.8 Å². The molecule has 110 valence electrons. The molecule has 21 heavy (non-hydrogen) atoms. The molecule has 0 spiro atoms. The van der Waals surface area contributed by atoms with Crippen molar-refractivity contribution in [1.82, 2.24) is 0 Å². The number of aromatic carboxylic acids is 1. The van der Waals surface area contributed by atoms with Crippen molar-refractivity contribution in [3.8, 4) is 0 Å². The monoisotopic (exact) mass is 314 g/mol. The second-order valence-electron chi connectivity index (χ2n) is 4.17. The van der Waals surface area contributed by atoms with E-state index in [2.05, 4.69) is 0 Å². The van der Waals surface area contributed by atoms with Crippen LogP contribution in [0.2, 0.25) is 0 Å². The molecule has 0 aliphatic rings. The minimum atomic E-state index is -1.78. The molecule has 0 bridgehead atoms. The van der Waals surface area contributed by atoms with Crippen LogP contribution in [-0.2, 0) is 16.6 Å². The van der Waals surface area contributed by atoms with Crippen LogP contribution in [0, 0.1) is 17.5 Å². The molecule has 0 saturated heterocycles. The summed E-state index contributed by atoms with van der Waals surface area (Å²) in [7, 11) is -1.78. The summed E-state index contributed by atoms with van der Waals surface area (Å²) < 4.78 is 51.6. The first-order chi connectivity index (χ1) is 9.88. The number of benzene rings is 2. The van der Waals surface area contributed by atoms with Gasteiger partial charge in [0, 0.05) is 16.5 Å². The Hall–Kier alpha value is -2.15. The van der Waals surface area contributed by atoms with Gasteiger partial charge < -0.3 is 5.11 Å². The largest absolute Gasteiger partial charge is 0.478 e. The van der Waals surface area contributed by atoms with Gasteiger partial charge in [0.1, 0.15) is 17.5 Å². The Morgan fingerprint density at radius 3 is 2.38 bits per heavy atom. The summed E-state index contributed by atoms with van der Waals surface area (Å²) in [6.45, 7) is 0. The summed E-state index contributed by atoms with van der Waals surface area (Å²) in [5.41, 5.74) is -0.587. The number of rotatable bonds is 4. The van der Waals surface area contributed by atoms with E-state index in [1.807, 2.05) is 0 Å². The predicted molar refractivity (Wildman–Crippen MR) is 69.8 cm³/mol. The maximum atomic E-state index is 13.5. The Kier molecular flexibility index (Phi) is 4.42. The second kappa shape index (κ2) is 6.09. The fraction of sp³-hybridized carbons (Fsp3) is 0.0714. The third kappa shape index (κ3) is 3.49. The average Bonchev–Trinajstić information content (AvgIpc) is 2.42. The summed E-state index contributed by atoms with van der Waals surface area (Å²) in [5, 5.41) is 8.80. The molecule has 7 heteroatoms. The van der Waals surface area contributed by atoms with Crippen LogP contribution in [0.5, 0.6) is 0 Å². The molecule has 3 nitrogen and oxygen atoms in total. The molecular formula is C14H9F3O3S. The van der Waals surface area contributed by atoms with Gasteiger partial charge in [0.2, 0.25) is 0 Å². The van der Waals surface area contributed by atoms with Gasteiger partial charge in [-0.3, -0.25) is 4.21 Å². The number of carboxylic acid groups (broad SMARTS) is 1. The van der Waals surface area contributed by atoms with Gasteiger partial charge in [-0.05, 0) is 24.3 Å². The van der Waals surface area contributed by atoms with Gasteiger partial charge in [-0.2, -0.15) is 0 Å². The summed E-state index contributed by atoms with van der Waals surface area (Å²) in [5.74, 6) is -4.30. The van der Waals surface area contributed by atoms with Gasteiger partial charge in [0.15, 0.2) is 0 Å². The summed E-state index contributed by atoms with van der Waals surface area (Å²) in [6, 6.07) is 5.85. The molecule has 0 fully saturated rings. The lowest BCUT2D eigenvalue weighted by Gasteiger charge is -2.06. The molecule has 0 amide bonds. The van der Waals surface area contributed by atoms with E-state index in [0.29, 0.717) is 6.07 Å². The SMILES string of the molecule is O=C(O)c1cc(S(=O)Cc2ccc(F)cc2F)ccc1F. The summed E-state index contributed by atoms with van der Waals surface area (Å²) >= 11 is 0. The minimum absolute atomic E-state index is 0.0240. The van der Waals surface area contributed by atoms with Crippen molar-refractivity contribution in [2.24, 2.45) is 0 Å². The zero-order chi connectivity index (χ0) is 15.6. The molecule has 0 saturated carbocycles. The number of hydrogen-bond donors (Lipinski definition) is 1. The average molecular weight is 314 g/mol. The highest BCUT2D eigenvalue weighted by Gasteiger charge is 2.15. The maximum absolute atomic E-state index is 13.5. The molecule has 1 N–H and O–H groups in total. The third-order valence-electron chi connectivity index (χ3n) is 2.73. The first kappa shape index (κ1) is 15.2. The van der Waals surface area contributed by atoms with E-state index in [9.17, 15) is 22.2 Å². The van der Waals surface area contributed by atoms with Crippen LogP contribution in [0.3, 0.4) is 0 Å². The first-order valence-electron chi connectivity index (χ1n) is 5.73. The van der Waals surface area contributed by atoms with Crippen molar-refractivity contribution >= 4 is 16.8 Å². The second-order valence-corrected chi connectivity index (χ2v) is 5.62. The molecular weight excluding hydrogens is 305 g/mol. The molecule has 0 aromatic heterocycles. The normalized spacial score (nSPS) is 12.1. The standard InChI is InChI=1S/C14H9F3O3S/c15-9-2-1-8(13(17)5-9)7-21(20)10-3-4-12(16)11(6-10)14(18)19/h1-6H,7H2,(H,18,19). The van der Waals surface area contributed by atoms with Gasteiger partial charge >= 0.3 is 5.97 Å². The van der Waals surface area contributed by atoms with Gasteiger partial charge in [0.25, 0.3) is 0 Å². The number of halogens is 3. The Bertz CT molecular complexity index is 731. The van der Waals surface area contributed by atoms with Gasteiger partial charge in [0.05, 0.1) is 22.1 Å². The lowest BCUT2D eigenvalue weighted by Crippen LogP contribution is -2.04. The molecule has 2 rings (SSSR count). The first-order valence-corrected chi connectivity index (χ1v) is 7.05. The number of carboxylic acids is 1. The van der Waals surface area contributed by atoms with Crippen molar-refractivity contribution < 1.29 is 27.3 Å². The third-order valence-corrected chi connectivity index (χ3v) is 4.09. The Balaban J connectivity index is 2.28. The molecule has 2 aromatic carbocycles. The fourth-order valence-electron chi connectivity index (χ4n) is 1.67. The van der Waals surface area contributed by atoms with Crippen LogP contribution in [-0.4, -0.2) is 15.3 Å². The topological polar surface area (TPSA) is 54.4 Å². The Morgan fingerprint density at radius 1 is 1.05 bits per heavy atom. The van der Waals surface area contributed by atoms with Crippen LogP contribution in [0.4, 0.5) is 13.2 Å². The van der Waals surface area contributed by atoms with Crippen molar-refractivity contribution in [3.63, 3.8) is 0 Å². The highest BCUT2D eigenvalue weighted by atomic mass is 32.2. The molecule has 2 aromatic rings. The van der Waals surface area contributed by atoms with Crippen LogP contribution < -0.4 is 0 Å². The van der Waals surface area contributed by atoms with Gasteiger partial charge in [-0.25, -0.2) is 18.0 Å². The van der Waals surface area contributed by atoms with E-state index in [1.54, 1.807) is 0 Å².